The van der Waals surface area contributed by atoms with Crippen molar-refractivity contribution in [3.05, 3.63) is 52.0 Å². The van der Waals surface area contributed by atoms with Gasteiger partial charge in [0.1, 0.15) is 11.5 Å². The van der Waals surface area contributed by atoms with Gasteiger partial charge in [0.05, 0.1) is 16.4 Å². The lowest BCUT2D eigenvalue weighted by Gasteiger charge is -2.09. The number of nitrogens with two attached hydrogens (primary N) is 1. The number of hydrogen-bond acceptors (Lipinski definition) is 4. The zero-order chi connectivity index (χ0) is 14.7. The van der Waals surface area contributed by atoms with Crippen molar-refractivity contribution in [3.8, 4) is 0 Å². The van der Waals surface area contributed by atoms with Gasteiger partial charge in [0, 0.05) is 5.69 Å². The Bertz CT molecular complexity index is 646. The fourth-order valence-corrected chi connectivity index (χ4v) is 2.04. The Morgan fingerprint density at radius 3 is 2.75 bits per heavy atom. The molecule has 2 rings (SSSR count). The number of hydrazine groups is 1. The topological polar surface area (TPSA) is 80.0 Å². The first-order valence-electron chi connectivity index (χ1n) is 5.71. The van der Waals surface area contributed by atoms with Crippen LogP contribution in [-0.4, -0.2) is 10.9 Å². The SMILES string of the molecule is Cc1cc(Br)c(F)cc1NC(=O)c1ccc(NN)cn1. The summed E-state index contributed by atoms with van der Waals surface area (Å²) in [6.07, 6.45) is 1.43. The van der Waals surface area contributed by atoms with Crippen LogP contribution in [0.1, 0.15) is 16.1 Å². The maximum Gasteiger partial charge on any atom is 0.274 e. The standard InChI is InChI=1S/C13H12BrFN4O/c1-7-4-9(14)10(15)5-12(7)18-13(20)11-3-2-8(19-16)6-17-11/h2-6,19H,16H2,1H3,(H,18,20). The zero-order valence-corrected chi connectivity index (χ0v) is 12.2. The number of rotatable bonds is 3. The Balaban J connectivity index is 2.20. The highest BCUT2D eigenvalue weighted by Gasteiger charge is 2.11. The van der Waals surface area contributed by atoms with Crippen molar-refractivity contribution in [2.24, 2.45) is 5.84 Å². The maximum absolute atomic E-state index is 13.5. The summed E-state index contributed by atoms with van der Waals surface area (Å²) in [5, 5.41) is 2.62. The summed E-state index contributed by atoms with van der Waals surface area (Å²) in [5.74, 6) is 4.35. The van der Waals surface area contributed by atoms with Gasteiger partial charge < -0.3 is 10.7 Å². The number of carbonyl (C=O) groups excluding carboxylic acids is 1. The molecule has 0 bridgehead atoms. The molecule has 1 aromatic carbocycles. The molecule has 0 aliphatic heterocycles. The van der Waals surface area contributed by atoms with Gasteiger partial charge in [-0.1, -0.05) is 0 Å². The van der Waals surface area contributed by atoms with E-state index < -0.39 is 11.7 Å². The third-order valence-electron chi connectivity index (χ3n) is 2.68. The van der Waals surface area contributed by atoms with Crippen LogP contribution in [0.3, 0.4) is 0 Å². The van der Waals surface area contributed by atoms with Gasteiger partial charge in [-0.3, -0.25) is 10.6 Å². The predicted molar refractivity (Wildman–Crippen MR) is 78.8 cm³/mol. The summed E-state index contributed by atoms with van der Waals surface area (Å²) in [7, 11) is 0. The van der Waals surface area contributed by atoms with Crippen LogP contribution in [0.5, 0.6) is 0 Å². The first-order chi connectivity index (χ1) is 9.51. The molecule has 20 heavy (non-hydrogen) atoms. The van der Waals surface area contributed by atoms with Crippen molar-refractivity contribution < 1.29 is 9.18 Å². The summed E-state index contributed by atoms with van der Waals surface area (Å²) in [5.41, 5.74) is 4.37. The first kappa shape index (κ1) is 14.4. The van der Waals surface area contributed by atoms with Gasteiger partial charge in [-0.25, -0.2) is 9.37 Å². The van der Waals surface area contributed by atoms with Gasteiger partial charge in [-0.05, 0) is 52.7 Å². The molecule has 0 saturated heterocycles. The molecule has 1 aromatic heterocycles. The van der Waals surface area contributed by atoms with E-state index in [2.05, 4.69) is 31.7 Å². The fourth-order valence-electron chi connectivity index (χ4n) is 1.58. The Hall–Kier alpha value is -1.99. The van der Waals surface area contributed by atoms with Crippen molar-refractivity contribution in [3.63, 3.8) is 0 Å². The van der Waals surface area contributed by atoms with Crippen molar-refractivity contribution >= 4 is 33.2 Å². The molecule has 0 aliphatic rings. The number of nitrogen functional groups attached to an aromatic ring is 1. The van der Waals surface area contributed by atoms with Gasteiger partial charge in [-0.2, -0.15) is 0 Å². The number of nitrogens with one attached hydrogen (secondary N) is 2. The van der Waals surface area contributed by atoms with E-state index in [-0.39, 0.29) is 5.69 Å². The summed E-state index contributed by atoms with van der Waals surface area (Å²) in [6.45, 7) is 1.77. The molecule has 7 heteroatoms. The number of hydrogen-bond donors (Lipinski definition) is 3. The van der Waals surface area contributed by atoms with Gasteiger partial charge >= 0.3 is 0 Å². The van der Waals surface area contributed by atoms with Crippen molar-refractivity contribution in [2.45, 2.75) is 6.92 Å². The predicted octanol–water partition coefficient (Wildman–Crippen LogP) is 2.83. The number of carbonyl (C=O) groups is 1. The Labute approximate surface area is 123 Å². The normalized spacial score (nSPS) is 10.2. The molecule has 104 valence electrons. The second-order valence-corrected chi connectivity index (χ2v) is 4.97. The maximum atomic E-state index is 13.5. The zero-order valence-electron chi connectivity index (χ0n) is 10.6. The fraction of sp³-hybridized carbons (Fsp3) is 0.0769. The lowest BCUT2D eigenvalue weighted by molar-refractivity contribution is 0.102. The highest BCUT2D eigenvalue weighted by atomic mass is 79.9. The second-order valence-electron chi connectivity index (χ2n) is 4.11. The van der Waals surface area contributed by atoms with Crippen LogP contribution < -0.4 is 16.6 Å². The number of pyridine rings is 1. The van der Waals surface area contributed by atoms with E-state index in [0.717, 1.165) is 5.56 Å². The molecule has 0 aliphatic carbocycles. The molecule has 0 saturated carbocycles. The minimum absolute atomic E-state index is 0.215. The lowest BCUT2D eigenvalue weighted by Crippen LogP contribution is -2.15. The molecule has 0 fully saturated rings. The van der Waals surface area contributed by atoms with Crippen LogP contribution >= 0.6 is 15.9 Å². The van der Waals surface area contributed by atoms with Crippen LogP contribution in [0.4, 0.5) is 15.8 Å². The first-order valence-corrected chi connectivity index (χ1v) is 6.50. The van der Waals surface area contributed by atoms with Crippen LogP contribution in [0.25, 0.3) is 0 Å². The average Bonchev–Trinajstić information content (AvgIpc) is 2.44. The van der Waals surface area contributed by atoms with Gasteiger partial charge in [0.15, 0.2) is 0 Å². The molecule has 4 N–H and O–H groups in total. The highest BCUT2D eigenvalue weighted by Crippen LogP contribution is 2.24. The van der Waals surface area contributed by atoms with E-state index in [9.17, 15) is 9.18 Å². The number of amides is 1. The van der Waals surface area contributed by atoms with Crippen LogP contribution in [0.2, 0.25) is 0 Å². The number of anilines is 2. The number of benzene rings is 1. The number of aromatic nitrogens is 1. The number of aryl methyl sites for hydroxylation is 1. The molecule has 2 aromatic rings. The van der Waals surface area contributed by atoms with Gasteiger partial charge in [-0.15, -0.1) is 0 Å². The summed E-state index contributed by atoms with van der Waals surface area (Å²) in [6, 6.07) is 6.00. The Morgan fingerprint density at radius 2 is 2.15 bits per heavy atom. The quantitative estimate of drug-likeness (QED) is 0.593. The molecule has 1 heterocycles. The third-order valence-corrected chi connectivity index (χ3v) is 3.29. The molecule has 0 unspecified atom stereocenters. The van der Waals surface area contributed by atoms with Crippen LogP contribution in [0, 0.1) is 12.7 Å². The van der Waals surface area contributed by atoms with Crippen LogP contribution in [-0.2, 0) is 0 Å². The Kier molecular flexibility index (Phi) is 4.31. The summed E-state index contributed by atoms with van der Waals surface area (Å²) < 4.78 is 13.8. The monoisotopic (exact) mass is 338 g/mol. The smallest absolute Gasteiger partial charge is 0.274 e. The average molecular weight is 339 g/mol. The largest absolute Gasteiger partial charge is 0.323 e. The molecule has 0 radical (unpaired) electrons. The third kappa shape index (κ3) is 3.12. The van der Waals surface area contributed by atoms with Crippen molar-refractivity contribution in [2.75, 3.05) is 10.7 Å². The molecule has 0 spiro atoms. The minimum Gasteiger partial charge on any atom is -0.323 e. The van der Waals surface area contributed by atoms with Crippen molar-refractivity contribution in [1.82, 2.24) is 4.98 Å². The molecular formula is C13H12BrFN4O. The Morgan fingerprint density at radius 1 is 1.40 bits per heavy atom. The van der Waals surface area contributed by atoms with E-state index in [1.807, 2.05) is 0 Å². The summed E-state index contributed by atoms with van der Waals surface area (Å²) >= 11 is 3.09. The molecule has 1 amide bonds. The molecular weight excluding hydrogens is 327 g/mol. The molecule has 5 nitrogen and oxygen atoms in total. The van der Waals surface area contributed by atoms with E-state index >= 15 is 0 Å². The lowest BCUT2D eigenvalue weighted by atomic mass is 10.2. The molecule has 0 atom stereocenters. The van der Waals surface area contributed by atoms with E-state index in [4.69, 9.17) is 5.84 Å². The van der Waals surface area contributed by atoms with Gasteiger partial charge in [0.25, 0.3) is 5.91 Å². The van der Waals surface area contributed by atoms with Crippen LogP contribution in [0.15, 0.2) is 34.9 Å². The number of nitrogens with zero attached hydrogens (tertiary/aromatic N) is 1. The van der Waals surface area contributed by atoms with E-state index in [1.165, 1.54) is 18.3 Å². The minimum atomic E-state index is -0.443. The van der Waals surface area contributed by atoms with E-state index in [0.29, 0.717) is 15.8 Å². The second kappa shape index (κ2) is 5.98. The van der Waals surface area contributed by atoms with Crippen molar-refractivity contribution in [1.29, 1.82) is 0 Å². The summed E-state index contributed by atoms with van der Waals surface area (Å²) in [4.78, 5) is 16.0. The number of halogens is 2. The van der Waals surface area contributed by atoms with Gasteiger partial charge in [0.2, 0.25) is 0 Å². The highest BCUT2D eigenvalue weighted by molar-refractivity contribution is 9.10. The van der Waals surface area contributed by atoms with E-state index in [1.54, 1.807) is 19.1 Å².